The topological polar surface area (TPSA) is 85.7 Å². The molecule has 0 N–H and O–H groups in total. The van der Waals surface area contributed by atoms with E-state index in [0.29, 0.717) is 31.3 Å². The van der Waals surface area contributed by atoms with E-state index in [2.05, 4.69) is 60.9 Å². The summed E-state index contributed by atoms with van der Waals surface area (Å²) in [5, 5.41) is 0.949. The Morgan fingerprint density at radius 2 is 1.61 bits per heavy atom. The van der Waals surface area contributed by atoms with Crippen LogP contribution in [0.4, 0.5) is 11.8 Å². The quantitative estimate of drug-likeness (QED) is 0.350. The molecule has 9 heteroatoms. The third kappa shape index (κ3) is 5.06. The maximum atomic E-state index is 6.13. The van der Waals surface area contributed by atoms with Gasteiger partial charge in [-0.25, -0.2) is 19.9 Å². The first-order valence-electron chi connectivity index (χ1n) is 13.0. The van der Waals surface area contributed by atoms with E-state index in [4.69, 9.17) is 14.2 Å². The number of rotatable bonds is 8. The van der Waals surface area contributed by atoms with E-state index >= 15 is 0 Å². The first kappa shape index (κ1) is 24.4. The summed E-state index contributed by atoms with van der Waals surface area (Å²) < 4.78 is 17.2. The lowest BCUT2D eigenvalue weighted by molar-refractivity contribution is -0.120. The van der Waals surface area contributed by atoms with E-state index in [1.165, 1.54) is 5.56 Å². The SMILES string of the molecule is COc1cc2c(N3CCN(c4ncc(Cc5ccccc5)cn4)CC3)ncnc2cc1OCC1(C)COC1. The number of hydrogen-bond donors (Lipinski definition) is 0. The zero-order valence-electron chi connectivity index (χ0n) is 21.8. The fourth-order valence-corrected chi connectivity index (χ4v) is 4.91. The van der Waals surface area contributed by atoms with Crippen molar-refractivity contribution < 1.29 is 14.2 Å². The van der Waals surface area contributed by atoms with Gasteiger partial charge in [-0.05, 0) is 17.2 Å². The molecular formula is C29H32N6O3. The zero-order chi connectivity index (χ0) is 26.0. The molecule has 0 amide bonds. The molecule has 2 aliphatic heterocycles. The van der Waals surface area contributed by atoms with E-state index in [0.717, 1.165) is 60.8 Å². The Kier molecular flexibility index (Phi) is 6.68. The van der Waals surface area contributed by atoms with Crippen LogP contribution < -0.4 is 19.3 Å². The molecule has 0 radical (unpaired) electrons. The smallest absolute Gasteiger partial charge is 0.225 e. The molecule has 2 fully saturated rings. The number of ether oxygens (including phenoxy) is 3. The highest BCUT2D eigenvalue weighted by atomic mass is 16.5. The molecule has 0 spiro atoms. The molecule has 2 aromatic heterocycles. The Hall–Kier alpha value is -3.98. The van der Waals surface area contributed by atoms with Crippen molar-refractivity contribution in [3.63, 3.8) is 0 Å². The number of hydrogen-bond acceptors (Lipinski definition) is 9. The Balaban J connectivity index is 1.14. The number of fused-ring (bicyclic) bond motifs is 1. The van der Waals surface area contributed by atoms with Gasteiger partial charge in [-0.3, -0.25) is 0 Å². The average molecular weight is 513 g/mol. The molecule has 0 saturated carbocycles. The second kappa shape index (κ2) is 10.4. The van der Waals surface area contributed by atoms with Crippen LogP contribution in [-0.4, -0.2) is 73.0 Å². The van der Waals surface area contributed by atoms with Crippen molar-refractivity contribution in [1.82, 2.24) is 19.9 Å². The summed E-state index contributed by atoms with van der Waals surface area (Å²) in [7, 11) is 1.66. The summed E-state index contributed by atoms with van der Waals surface area (Å²) >= 11 is 0. The lowest BCUT2D eigenvalue weighted by atomic mass is 9.90. The van der Waals surface area contributed by atoms with Gasteiger partial charge in [-0.15, -0.1) is 0 Å². The first-order valence-corrected chi connectivity index (χ1v) is 13.0. The minimum Gasteiger partial charge on any atom is -0.493 e. The summed E-state index contributed by atoms with van der Waals surface area (Å²) in [6.45, 7) is 7.39. The molecule has 4 heterocycles. The molecule has 0 atom stereocenters. The largest absolute Gasteiger partial charge is 0.493 e. The molecule has 2 saturated heterocycles. The van der Waals surface area contributed by atoms with Gasteiger partial charge in [0.15, 0.2) is 11.5 Å². The van der Waals surface area contributed by atoms with Gasteiger partial charge in [0, 0.05) is 61.9 Å². The van der Waals surface area contributed by atoms with Crippen molar-refractivity contribution >= 4 is 22.7 Å². The monoisotopic (exact) mass is 512 g/mol. The van der Waals surface area contributed by atoms with Gasteiger partial charge < -0.3 is 24.0 Å². The molecule has 0 aliphatic carbocycles. The number of piperazine rings is 1. The number of methoxy groups -OCH3 is 1. The summed E-state index contributed by atoms with van der Waals surface area (Å²) in [6.07, 6.45) is 6.32. The van der Waals surface area contributed by atoms with Crippen LogP contribution in [0.15, 0.2) is 61.2 Å². The van der Waals surface area contributed by atoms with Gasteiger partial charge >= 0.3 is 0 Å². The van der Waals surface area contributed by atoms with Gasteiger partial charge in [0.25, 0.3) is 0 Å². The average Bonchev–Trinajstić information content (AvgIpc) is 2.95. The van der Waals surface area contributed by atoms with Gasteiger partial charge in [-0.2, -0.15) is 0 Å². The van der Waals surface area contributed by atoms with Crippen LogP contribution in [0.5, 0.6) is 11.5 Å². The Morgan fingerprint density at radius 3 is 2.29 bits per heavy atom. The van der Waals surface area contributed by atoms with E-state index in [1.54, 1.807) is 13.4 Å². The zero-order valence-corrected chi connectivity index (χ0v) is 21.8. The third-order valence-corrected chi connectivity index (χ3v) is 7.18. The van der Waals surface area contributed by atoms with Crippen LogP contribution in [0.1, 0.15) is 18.1 Å². The van der Waals surface area contributed by atoms with Crippen LogP contribution in [0.25, 0.3) is 10.9 Å². The maximum absolute atomic E-state index is 6.13. The van der Waals surface area contributed by atoms with Crippen molar-refractivity contribution in [2.75, 3.05) is 62.9 Å². The van der Waals surface area contributed by atoms with Crippen molar-refractivity contribution in [2.24, 2.45) is 5.41 Å². The van der Waals surface area contributed by atoms with Crippen molar-refractivity contribution in [3.05, 3.63) is 72.3 Å². The van der Waals surface area contributed by atoms with Gasteiger partial charge in [0.05, 0.1) is 32.4 Å². The number of benzene rings is 2. The normalized spacial score (nSPS) is 16.8. The highest BCUT2D eigenvalue weighted by molar-refractivity contribution is 5.92. The highest BCUT2D eigenvalue weighted by Gasteiger charge is 2.34. The van der Waals surface area contributed by atoms with E-state index in [1.807, 2.05) is 30.6 Å². The molecule has 0 unspecified atom stereocenters. The van der Waals surface area contributed by atoms with Crippen molar-refractivity contribution in [3.8, 4) is 11.5 Å². The minimum absolute atomic E-state index is 0.0441. The van der Waals surface area contributed by atoms with E-state index < -0.39 is 0 Å². The molecule has 38 heavy (non-hydrogen) atoms. The summed E-state index contributed by atoms with van der Waals surface area (Å²) in [5.74, 6) is 3.04. The number of nitrogens with zero attached hydrogens (tertiary/aromatic N) is 6. The van der Waals surface area contributed by atoms with E-state index in [-0.39, 0.29) is 5.41 Å². The molecule has 6 rings (SSSR count). The second-order valence-electron chi connectivity index (χ2n) is 10.3. The molecular weight excluding hydrogens is 480 g/mol. The second-order valence-corrected chi connectivity index (χ2v) is 10.3. The van der Waals surface area contributed by atoms with Crippen LogP contribution in [0.2, 0.25) is 0 Å². The molecule has 0 bridgehead atoms. The summed E-state index contributed by atoms with van der Waals surface area (Å²) in [6, 6.07) is 14.3. The fraction of sp³-hybridized carbons (Fsp3) is 0.379. The van der Waals surface area contributed by atoms with Crippen LogP contribution in [-0.2, 0) is 11.2 Å². The Morgan fingerprint density at radius 1 is 0.868 bits per heavy atom. The molecule has 4 aromatic rings. The third-order valence-electron chi connectivity index (χ3n) is 7.18. The van der Waals surface area contributed by atoms with Crippen LogP contribution >= 0.6 is 0 Å². The minimum atomic E-state index is 0.0441. The van der Waals surface area contributed by atoms with Gasteiger partial charge in [-0.1, -0.05) is 37.3 Å². The van der Waals surface area contributed by atoms with Crippen molar-refractivity contribution in [2.45, 2.75) is 13.3 Å². The predicted octanol–water partition coefficient (Wildman–Crippen LogP) is 3.76. The summed E-state index contributed by atoms with van der Waals surface area (Å²) in [4.78, 5) is 23.0. The highest BCUT2D eigenvalue weighted by Crippen LogP contribution is 2.37. The molecule has 2 aliphatic rings. The fourth-order valence-electron chi connectivity index (χ4n) is 4.91. The molecule has 196 valence electrons. The lowest BCUT2D eigenvalue weighted by Crippen LogP contribution is -2.47. The van der Waals surface area contributed by atoms with E-state index in [9.17, 15) is 0 Å². The Bertz CT molecular complexity index is 1390. The predicted molar refractivity (Wildman–Crippen MR) is 146 cm³/mol. The van der Waals surface area contributed by atoms with Gasteiger partial charge in [0.1, 0.15) is 12.1 Å². The standard InChI is InChI=1S/C29H32N6O3/c1-29(17-37-18-29)19-38-26-14-24-23(13-25(26)36-2)27(33-20-32-24)34-8-10-35(11-9-34)28-30-15-22(16-31-28)12-21-6-4-3-5-7-21/h3-7,13-16,20H,8-12,17-19H2,1-2H3. The van der Waals surface area contributed by atoms with Crippen LogP contribution in [0, 0.1) is 5.41 Å². The van der Waals surface area contributed by atoms with Crippen LogP contribution in [0.3, 0.4) is 0 Å². The summed E-state index contributed by atoms with van der Waals surface area (Å²) in [5.41, 5.74) is 3.24. The van der Waals surface area contributed by atoms with Crippen molar-refractivity contribution in [1.29, 1.82) is 0 Å². The first-order chi connectivity index (χ1) is 18.6. The Labute approximate surface area is 222 Å². The number of anilines is 2. The maximum Gasteiger partial charge on any atom is 0.225 e. The molecule has 2 aromatic carbocycles. The molecule has 9 nitrogen and oxygen atoms in total. The number of aromatic nitrogens is 4. The van der Waals surface area contributed by atoms with Gasteiger partial charge in [0.2, 0.25) is 5.95 Å². The lowest BCUT2D eigenvalue weighted by Gasteiger charge is -2.37.